The predicted molar refractivity (Wildman–Crippen MR) is 83.4 cm³/mol. The monoisotopic (exact) mass is 287 g/mol. The molecule has 3 nitrogen and oxygen atoms in total. The Bertz CT molecular complexity index is 614. The molecule has 0 spiro atoms. The third kappa shape index (κ3) is 2.80. The summed E-state index contributed by atoms with van der Waals surface area (Å²) in [6.07, 6.45) is 2.68. The van der Waals surface area contributed by atoms with Crippen LogP contribution in [0.4, 0.5) is 0 Å². The quantitative estimate of drug-likeness (QED) is 0.459. The van der Waals surface area contributed by atoms with Crippen molar-refractivity contribution in [2.24, 2.45) is 0 Å². The average Bonchev–Trinajstić information content (AvgIpc) is 2.83. The van der Waals surface area contributed by atoms with Crippen LogP contribution in [-0.2, 0) is 0 Å². The number of hydrogen-bond acceptors (Lipinski definition) is 3. The molecule has 0 bridgehead atoms. The maximum absolute atomic E-state index is 11.2. The van der Waals surface area contributed by atoms with Crippen LogP contribution in [0, 0.1) is 6.92 Å². The van der Waals surface area contributed by atoms with E-state index in [0.717, 1.165) is 22.8 Å². The highest BCUT2D eigenvalue weighted by Gasteiger charge is 2.16. The molecule has 1 heterocycles. The highest BCUT2D eigenvalue weighted by atomic mass is 32.2. The summed E-state index contributed by atoms with van der Waals surface area (Å²) in [6.45, 7) is 5.77. The molecule has 0 amide bonds. The van der Waals surface area contributed by atoms with E-state index in [-0.39, 0.29) is 0 Å². The Hall–Kier alpha value is -1.94. The number of hydrogen-bond donors (Lipinski definition) is 0. The van der Waals surface area contributed by atoms with E-state index in [1.54, 1.807) is 24.9 Å². The zero-order chi connectivity index (χ0) is 14.5. The molecule has 0 aliphatic rings. The van der Waals surface area contributed by atoms with E-state index in [9.17, 15) is 4.79 Å². The van der Waals surface area contributed by atoms with E-state index in [0.29, 0.717) is 11.4 Å². The van der Waals surface area contributed by atoms with Crippen molar-refractivity contribution in [3.8, 4) is 11.6 Å². The highest BCUT2D eigenvalue weighted by Crippen LogP contribution is 2.33. The van der Waals surface area contributed by atoms with Crippen LogP contribution in [-0.4, -0.2) is 23.7 Å². The van der Waals surface area contributed by atoms with Crippen LogP contribution in [0.25, 0.3) is 5.69 Å². The van der Waals surface area contributed by atoms with Crippen molar-refractivity contribution >= 4 is 18.0 Å². The summed E-state index contributed by atoms with van der Waals surface area (Å²) in [7, 11) is 1.61. The number of aromatic nitrogens is 1. The Balaban J connectivity index is 2.58. The number of ether oxygens (including phenoxy) is 1. The first-order chi connectivity index (χ1) is 9.71. The van der Waals surface area contributed by atoms with Gasteiger partial charge in [0.15, 0.2) is 12.2 Å². The van der Waals surface area contributed by atoms with Gasteiger partial charge in [-0.15, -0.1) is 18.3 Å². The number of methoxy groups -OCH3 is 1. The van der Waals surface area contributed by atoms with Gasteiger partial charge < -0.3 is 4.74 Å². The number of carbonyl (C=O) groups excluding carboxylic acids is 1. The van der Waals surface area contributed by atoms with Crippen molar-refractivity contribution < 1.29 is 9.53 Å². The lowest BCUT2D eigenvalue weighted by molar-refractivity contribution is 0.112. The van der Waals surface area contributed by atoms with Crippen LogP contribution in [0.3, 0.4) is 0 Å². The van der Waals surface area contributed by atoms with Gasteiger partial charge in [0.25, 0.3) is 0 Å². The number of nitrogens with zero attached hydrogens (tertiary/aromatic N) is 1. The highest BCUT2D eigenvalue weighted by molar-refractivity contribution is 7.99. The molecule has 4 heteroatoms. The van der Waals surface area contributed by atoms with Gasteiger partial charge in [-0.25, -0.2) is 0 Å². The molecule has 0 saturated heterocycles. The topological polar surface area (TPSA) is 31.2 Å². The summed E-state index contributed by atoms with van der Waals surface area (Å²) in [4.78, 5) is 11.2. The van der Waals surface area contributed by atoms with Crippen molar-refractivity contribution in [1.82, 2.24) is 4.57 Å². The first kappa shape index (κ1) is 14.5. The van der Waals surface area contributed by atoms with Crippen LogP contribution in [0.2, 0.25) is 0 Å². The fraction of sp³-hybridized carbons (Fsp3) is 0.188. The largest absolute Gasteiger partial charge is 0.482 e. The van der Waals surface area contributed by atoms with Gasteiger partial charge in [0.1, 0.15) is 0 Å². The minimum Gasteiger partial charge on any atom is -0.482 e. The van der Waals surface area contributed by atoms with E-state index in [1.807, 2.05) is 41.8 Å². The predicted octanol–water partition coefficient (Wildman–Crippen LogP) is 3.88. The number of benzene rings is 1. The lowest BCUT2D eigenvalue weighted by Gasteiger charge is -2.12. The molecule has 0 fully saturated rings. The van der Waals surface area contributed by atoms with Gasteiger partial charge in [0.2, 0.25) is 0 Å². The number of rotatable bonds is 6. The molecule has 2 aromatic rings. The molecule has 104 valence electrons. The Morgan fingerprint density at radius 1 is 1.35 bits per heavy atom. The Morgan fingerprint density at radius 3 is 2.60 bits per heavy atom. The second-order valence-electron chi connectivity index (χ2n) is 4.34. The van der Waals surface area contributed by atoms with Crippen molar-refractivity contribution in [2.45, 2.75) is 11.9 Å². The summed E-state index contributed by atoms with van der Waals surface area (Å²) in [6, 6.07) is 9.88. The van der Waals surface area contributed by atoms with Gasteiger partial charge in [-0.05, 0) is 19.1 Å². The number of thioether (sulfide) groups is 1. The number of aryl methyl sites for hydroxylation is 1. The van der Waals surface area contributed by atoms with Crippen molar-refractivity contribution in [2.75, 3.05) is 12.9 Å². The minimum atomic E-state index is 0.634. The molecule has 1 aromatic carbocycles. The first-order valence-electron chi connectivity index (χ1n) is 6.27. The number of carbonyl (C=O) groups is 1. The Kier molecular flexibility index (Phi) is 4.69. The molecule has 0 N–H and O–H groups in total. The summed E-state index contributed by atoms with van der Waals surface area (Å²) in [5, 5.41) is 0.876. The molecule has 20 heavy (non-hydrogen) atoms. The standard InChI is InChI=1S/C16H17NO2S/c1-4-9-20-16-13(11-18)10-15(19-3)17(16)14-7-5-12(2)6-8-14/h4-8,10-11H,1,9H2,2-3H3. The van der Waals surface area contributed by atoms with Crippen molar-refractivity contribution in [3.63, 3.8) is 0 Å². The smallest absolute Gasteiger partial charge is 0.199 e. The van der Waals surface area contributed by atoms with Gasteiger partial charge in [0, 0.05) is 17.5 Å². The van der Waals surface area contributed by atoms with E-state index in [4.69, 9.17) is 4.74 Å². The van der Waals surface area contributed by atoms with E-state index >= 15 is 0 Å². The summed E-state index contributed by atoms with van der Waals surface area (Å²) in [5.41, 5.74) is 2.80. The summed E-state index contributed by atoms with van der Waals surface area (Å²) < 4.78 is 7.35. The zero-order valence-corrected chi connectivity index (χ0v) is 12.4. The first-order valence-corrected chi connectivity index (χ1v) is 7.25. The van der Waals surface area contributed by atoms with Gasteiger partial charge in [-0.1, -0.05) is 23.8 Å². The minimum absolute atomic E-state index is 0.634. The van der Waals surface area contributed by atoms with Gasteiger partial charge in [-0.3, -0.25) is 9.36 Å². The van der Waals surface area contributed by atoms with E-state index in [2.05, 4.69) is 6.58 Å². The average molecular weight is 287 g/mol. The molecule has 0 atom stereocenters. The maximum Gasteiger partial charge on any atom is 0.199 e. The van der Waals surface area contributed by atoms with Gasteiger partial charge in [-0.2, -0.15) is 0 Å². The molecule has 0 unspecified atom stereocenters. The fourth-order valence-electron chi connectivity index (χ4n) is 1.95. The summed E-state index contributed by atoms with van der Waals surface area (Å²) >= 11 is 1.57. The molecule has 0 radical (unpaired) electrons. The number of aldehydes is 1. The third-order valence-corrected chi connectivity index (χ3v) is 4.01. The second-order valence-corrected chi connectivity index (χ2v) is 5.34. The van der Waals surface area contributed by atoms with E-state index < -0.39 is 0 Å². The fourth-order valence-corrected chi connectivity index (χ4v) is 2.82. The van der Waals surface area contributed by atoms with E-state index in [1.165, 1.54) is 5.56 Å². The van der Waals surface area contributed by atoms with Crippen LogP contribution < -0.4 is 4.74 Å². The molecule has 2 rings (SSSR count). The lowest BCUT2D eigenvalue weighted by Crippen LogP contribution is -2.00. The van der Waals surface area contributed by atoms with Crippen LogP contribution in [0.1, 0.15) is 15.9 Å². The van der Waals surface area contributed by atoms with Crippen molar-refractivity contribution in [3.05, 3.63) is 54.1 Å². The molecular formula is C16H17NO2S. The lowest BCUT2D eigenvalue weighted by atomic mass is 10.2. The third-order valence-electron chi connectivity index (χ3n) is 2.92. The normalized spacial score (nSPS) is 10.3. The van der Waals surface area contributed by atoms with Gasteiger partial charge in [0.05, 0.1) is 17.7 Å². The molecule has 0 saturated carbocycles. The Morgan fingerprint density at radius 2 is 2.05 bits per heavy atom. The van der Waals surface area contributed by atoms with Crippen LogP contribution in [0.15, 0.2) is 48.0 Å². The maximum atomic E-state index is 11.2. The Labute approximate surface area is 123 Å². The van der Waals surface area contributed by atoms with Crippen molar-refractivity contribution in [1.29, 1.82) is 0 Å². The molecule has 0 aliphatic heterocycles. The SMILES string of the molecule is C=CCSc1c(C=O)cc(OC)n1-c1ccc(C)cc1. The summed E-state index contributed by atoms with van der Waals surface area (Å²) in [5.74, 6) is 1.39. The molecular weight excluding hydrogens is 270 g/mol. The van der Waals surface area contributed by atoms with Gasteiger partial charge >= 0.3 is 0 Å². The van der Waals surface area contributed by atoms with Crippen LogP contribution in [0.5, 0.6) is 5.88 Å². The molecule has 0 aliphatic carbocycles. The molecule has 1 aromatic heterocycles. The van der Waals surface area contributed by atoms with Crippen LogP contribution >= 0.6 is 11.8 Å². The second kappa shape index (κ2) is 6.48. The zero-order valence-electron chi connectivity index (χ0n) is 11.6.